The van der Waals surface area contributed by atoms with Crippen LogP contribution in [0.15, 0.2) is 97.2 Å². The summed E-state index contributed by atoms with van der Waals surface area (Å²) < 4.78 is 84.5. The number of carbonyl (C=O) groups excluding carboxylic acids is 8. The number of carboxylic acids is 1. The van der Waals surface area contributed by atoms with Gasteiger partial charge < -0.3 is 40.7 Å². The number of carbonyl (C=O) groups is 9. The van der Waals surface area contributed by atoms with Gasteiger partial charge in [-0.1, -0.05) is 81.9 Å². The van der Waals surface area contributed by atoms with Gasteiger partial charge in [0.1, 0.15) is 17.4 Å². The van der Waals surface area contributed by atoms with Crippen molar-refractivity contribution in [2.45, 2.75) is 156 Å². The number of imide groups is 1. The zero-order chi connectivity index (χ0) is 80.5. The zero-order valence-electron chi connectivity index (χ0n) is 63.8. The Labute approximate surface area is 655 Å². The molecule has 6 aliphatic rings. The number of fused-ring (bicyclic) bond motifs is 2. The average molecular weight is 1600 g/mol. The second-order valence-corrected chi connectivity index (χ2v) is 36.0. The molecule has 0 spiro atoms. The molecule has 4 fully saturated rings. The van der Waals surface area contributed by atoms with E-state index in [2.05, 4.69) is 34.8 Å². The molecule has 30 nitrogen and oxygen atoms in total. The van der Waals surface area contributed by atoms with Crippen molar-refractivity contribution in [1.29, 1.82) is 0 Å². The molecule has 0 radical (unpaired) electrons. The topological polar surface area (TPSA) is 420 Å². The minimum absolute atomic E-state index is 0.0112. The Hall–Kier alpha value is -9.38. The highest BCUT2D eigenvalue weighted by Crippen LogP contribution is 2.72. The number of aromatic nitrogens is 4. The number of pyridine rings is 1. The van der Waals surface area contributed by atoms with Gasteiger partial charge in [-0.3, -0.25) is 62.5 Å². The summed E-state index contributed by atoms with van der Waals surface area (Å²) in [5.41, 5.74) is 9.41. The molecule has 12 rings (SSSR count). The highest BCUT2D eigenvalue weighted by molar-refractivity contribution is 7.86. The minimum atomic E-state index is -4.59. The van der Waals surface area contributed by atoms with E-state index >= 15 is 0 Å². The number of benzene rings is 3. The summed E-state index contributed by atoms with van der Waals surface area (Å²) >= 11 is 1.39. The van der Waals surface area contributed by atoms with Crippen molar-refractivity contribution >= 4 is 106 Å². The van der Waals surface area contributed by atoms with E-state index < -0.39 is 86.3 Å². The quantitative estimate of drug-likeness (QED) is 0.0108. The van der Waals surface area contributed by atoms with E-state index in [0.29, 0.717) is 84.9 Å². The number of anilines is 2. The first-order valence-electron chi connectivity index (χ1n) is 38.0. The van der Waals surface area contributed by atoms with Crippen molar-refractivity contribution in [3.05, 3.63) is 131 Å². The Bertz CT molecular complexity index is 4740. The molecule has 5 heterocycles. The lowest BCUT2D eigenvalue weighted by molar-refractivity contribution is -0.248. The molecule has 7 amide bonds. The first kappa shape index (κ1) is 83.6. The summed E-state index contributed by atoms with van der Waals surface area (Å²) in [6, 6.07) is 21.3. The number of nitrogens with zero attached hydrogens (tertiary/aromatic N) is 8. The van der Waals surface area contributed by atoms with Crippen LogP contribution in [-0.4, -0.2) is 207 Å². The standard InChI is InChI=1S/C79H100N12O18S3/c1-51(2)59(40-55(92)14-7-6-10-29-90-67(94)25-26-68(90)95)72(98)83-62(17-12-28-81-74(80)101)64(93)39-53-19-21-56(22-20-53)108-43-69(96)88(35-38-112(105,106)107)32-31-87(34-37-111(102,103)104)33-36-109-79-47-76(4)44-77(5,48-79)46-78(45-76,49-79)50-91-52(3)60(41-82-91)57-23-24-66(85-70(57)73(99)100)89-30-27-54-13-11-15-58(61(54)42-89)71(97)86-75-84-63-16-8-9-18-65(63)110-75/h8-9,11,13,15-16,18-26,41,51,59,62H,6-7,10,12,14,17,27-40,42-50H2,1-5H3,(H,83,98)(H,99,100)(H3,80,81,101)(H,84,86,97)(H,102,103,104)(H,105,106,107)/t59-,62-,76?,77?,78?,79?/m0/s1. The highest BCUT2D eigenvalue weighted by atomic mass is 32.2. The van der Waals surface area contributed by atoms with Crippen molar-refractivity contribution in [3.63, 3.8) is 0 Å². The third kappa shape index (κ3) is 21.7. The maximum Gasteiger partial charge on any atom is 0.355 e. The number of para-hydroxylation sites is 1. The van der Waals surface area contributed by atoms with E-state index in [9.17, 15) is 74.2 Å². The summed E-state index contributed by atoms with van der Waals surface area (Å²) in [4.78, 5) is 133. The molecule has 6 aromatic rings. The summed E-state index contributed by atoms with van der Waals surface area (Å²) in [5.74, 6) is -5.83. The lowest BCUT2D eigenvalue weighted by Crippen LogP contribution is -2.64. The second kappa shape index (κ2) is 35.3. The highest BCUT2D eigenvalue weighted by Gasteiger charge is 2.66. The number of ether oxygens (including phenoxy) is 2. The van der Waals surface area contributed by atoms with Crippen LogP contribution in [0.25, 0.3) is 21.3 Å². The molecule has 3 aromatic carbocycles. The number of amides is 7. The van der Waals surface area contributed by atoms with Crippen LogP contribution in [-0.2, 0) is 79.7 Å². The third-order valence-corrected chi connectivity index (χ3v) is 24.6. The molecule has 4 bridgehead atoms. The molecule has 3 aromatic heterocycles. The molecule has 4 atom stereocenters. The van der Waals surface area contributed by atoms with E-state index in [0.717, 1.165) is 64.0 Å². The van der Waals surface area contributed by atoms with E-state index in [1.807, 2.05) is 59.0 Å². The van der Waals surface area contributed by atoms with Crippen LogP contribution in [0.2, 0.25) is 0 Å². The lowest BCUT2D eigenvalue weighted by Gasteiger charge is -2.69. The number of ketones is 2. The van der Waals surface area contributed by atoms with E-state index in [-0.39, 0.29) is 141 Å². The molecule has 2 unspecified atom stereocenters. The number of Topliss-reactive ketones (excluding diaryl/α,β-unsaturated/α-hetero) is 2. The van der Waals surface area contributed by atoms with Gasteiger partial charge in [-0.05, 0) is 159 Å². The molecular weight excluding hydrogens is 1500 g/mol. The molecule has 4 aliphatic carbocycles. The number of hydrogen-bond acceptors (Lipinski definition) is 21. The van der Waals surface area contributed by atoms with Crippen LogP contribution in [0.3, 0.4) is 0 Å². The smallest absolute Gasteiger partial charge is 0.355 e. The van der Waals surface area contributed by atoms with Gasteiger partial charge in [-0.2, -0.15) is 21.9 Å². The molecule has 33 heteroatoms. The Morgan fingerprint density at radius 1 is 0.777 bits per heavy atom. The Kier molecular flexibility index (Phi) is 26.4. The number of thiazole rings is 1. The number of primary amides is 1. The Morgan fingerprint density at radius 3 is 2.18 bits per heavy atom. The molecule has 602 valence electrons. The summed E-state index contributed by atoms with van der Waals surface area (Å²) in [5, 5.41) is 24.5. The van der Waals surface area contributed by atoms with Crippen LogP contribution in [0, 0.1) is 35.0 Å². The maximum atomic E-state index is 14.0. The summed E-state index contributed by atoms with van der Waals surface area (Å²) in [6.07, 6.45) is 11.6. The molecule has 8 N–H and O–H groups in total. The number of nitrogens with two attached hydrogens (primary N) is 1. The first-order chi connectivity index (χ1) is 53.0. The molecule has 2 aliphatic heterocycles. The summed E-state index contributed by atoms with van der Waals surface area (Å²) in [6.45, 7) is 10.7. The number of rotatable bonds is 41. The van der Waals surface area contributed by atoms with E-state index in [4.69, 9.17) is 25.3 Å². The monoisotopic (exact) mass is 1600 g/mol. The first-order valence-corrected chi connectivity index (χ1v) is 42.1. The van der Waals surface area contributed by atoms with Crippen LogP contribution in [0.4, 0.5) is 15.7 Å². The fraction of sp³-hybridized carbons (Fsp3) is 0.519. The largest absolute Gasteiger partial charge is 0.484 e. The Morgan fingerprint density at radius 2 is 1.49 bits per heavy atom. The van der Waals surface area contributed by atoms with Gasteiger partial charge in [0.2, 0.25) is 5.91 Å². The number of hydrogen-bond donors (Lipinski definition) is 7. The fourth-order valence-corrected chi connectivity index (χ4v) is 19.8. The number of aromatic carboxylic acids is 1. The van der Waals surface area contributed by atoms with Gasteiger partial charge in [-0.15, -0.1) is 0 Å². The van der Waals surface area contributed by atoms with Gasteiger partial charge >= 0.3 is 12.0 Å². The lowest BCUT2D eigenvalue weighted by atomic mass is 9.39. The van der Waals surface area contributed by atoms with Crippen LogP contribution < -0.4 is 31.3 Å². The van der Waals surface area contributed by atoms with Crippen LogP contribution >= 0.6 is 11.3 Å². The van der Waals surface area contributed by atoms with Crippen molar-refractivity contribution in [2.75, 3.05) is 87.3 Å². The number of unbranched alkanes of at least 4 members (excludes halogenated alkanes) is 2. The van der Waals surface area contributed by atoms with Gasteiger partial charge in [-0.25, -0.2) is 19.6 Å². The van der Waals surface area contributed by atoms with Gasteiger partial charge in [0.25, 0.3) is 43.9 Å². The SMILES string of the molecule is Cc1c(-c2ccc(N3CCc4cccc(C(=O)Nc5nc6ccccc6s5)c4C3)nc2C(=O)O)cnn1CC12CC3(C)CC(C)(C1)CC(OCCN(CCN(CCS(=O)(=O)O)C(=O)COc1ccc(CC(=O)[C@H](CCCNC(N)=O)NC(=O)[C@@H](CC(=O)CCCCCN4C(=O)C=CC4=O)C(C)C)cc1)CCS(=O)(=O)O)(C3)C2. The normalized spacial score (nSPS) is 20.5. The second-order valence-electron chi connectivity index (χ2n) is 31.9. The predicted octanol–water partition coefficient (Wildman–Crippen LogP) is 8.26. The van der Waals surface area contributed by atoms with Crippen molar-refractivity contribution in [2.24, 2.45) is 33.8 Å². The molecule has 112 heavy (non-hydrogen) atoms. The minimum Gasteiger partial charge on any atom is -0.484 e. The Balaban J connectivity index is 0.699. The van der Waals surface area contributed by atoms with Gasteiger partial charge in [0, 0.05) is 125 Å². The van der Waals surface area contributed by atoms with Crippen molar-refractivity contribution < 1.29 is 83.7 Å². The van der Waals surface area contributed by atoms with Crippen molar-refractivity contribution in [3.8, 4) is 16.9 Å². The molecular formula is C79H100N12O18S3. The average Bonchev–Trinajstić information content (AvgIpc) is 0.737. The van der Waals surface area contributed by atoms with Crippen LogP contribution in [0.5, 0.6) is 5.75 Å². The van der Waals surface area contributed by atoms with Crippen molar-refractivity contribution in [1.82, 2.24) is 45.1 Å². The zero-order valence-corrected chi connectivity index (χ0v) is 66.3. The van der Waals surface area contributed by atoms with E-state index in [1.54, 1.807) is 49.2 Å². The van der Waals surface area contributed by atoms with E-state index in [1.165, 1.54) is 40.5 Å². The van der Waals surface area contributed by atoms with Crippen LogP contribution in [0.1, 0.15) is 154 Å². The third-order valence-electron chi connectivity index (χ3n) is 22.3. The number of urea groups is 1. The van der Waals surface area contributed by atoms with Gasteiger partial charge in [0.05, 0.1) is 46.2 Å². The van der Waals surface area contributed by atoms with Gasteiger partial charge in [0.15, 0.2) is 23.2 Å². The number of carboxylic acid groups (broad SMARTS) is 1. The molecule has 4 saturated carbocycles. The fourth-order valence-electron chi connectivity index (χ4n) is 18.0. The number of nitrogens with one attached hydrogen (secondary N) is 3. The summed E-state index contributed by atoms with van der Waals surface area (Å²) in [7, 11) is -9.07. The molecule has 0 saturated heterocycles. The maximum absolute atomic E-state index is 14.0. The predicted molar refractivity (Wildman–Crippen MR) is 418 cm³/mol.